The van der Waals surface area contributed by atoms with Crippen molar-refractivity contribution >= 4 is 34.2 Å². The number of hydrogen-bond donors (Lipinski definition) is 2. The molecule has 0 saturated carbocycles. The molecule has 0 spiro atoms. The van der Waals surface area contributed by atoms with Crippen molar-refractivity contribution in [3.05, 3.63) is 46.2 Å². The average Bonchev–Trinajstić information content (AvgIpc) is 3.20. The topological polar surface area (TPSA) is 101 Å². The van der Waals surface area contributed by atoms with Gasteiger partial charge in [0.05, 0.1) is 16.6 Å². The number of likely N-dealkylation sites (tertiary alicyclic amines) is 1. The minimum Gasteiger partial charge on any atom is -0.366 e. The van der Waals surface area contributed by atoms with Gasteiger partial charge in [-0.05, 0) is 62.6 Å². The van der Waals surface area contributed by atoms with E-state index in [2.05, 4.69) is 15.6 Å². The second-order valence-corrected chi connectivity index (χ2v) is 10.3. The monoisotopic (exact) mass is 502 g/mol. The lowest BCUT2D eigenvalue weighted by Crippen LogP contribution is -2.56. The maximum atomic E-state index is 13.4. The number of hydrogen-bond acceptors (Lipinski definition) is 6. The number of rotatable bonds is 6. The van der Waals surface area contributed by atoms with Crippen LogP contribution in [0.15, 0.2) is 24.3 Å². The summed E-state index contributed by atoms with van der Waals surface area (Å²) in [7, 11) is 0. The zero-order valence-electron chi connectivity index (χ0n) is 20.0. The standard InChI is InChI=1S/C25H31FN4O4S/c1-15-22(16(2)31)35-25(27-15)29-24(33)28-20-6-4-12-34-21(20)23(32)30-11-3-5-18(14-30)13-17-7-9-19(26)10-8-17/h7-10,18,20-21H,3-6,11-14H2,1-2H3,(H2,27,28,29,33)/t18-,20+,21-/m0/s1. The molecule has 0 bridgehead atoms. The van der Waals surface area contributed by atoms with E-state index in [4.69, 9.17) is 4.74 Å². The minimum absolute atomic E-state index is 0.0981. The minimum atomic E-state index is -0.745. The number of amides is 3. The number of nitrogens with zero attached hydrogens (tertiary/aromatic N) is 2. The average molecular weight is 503 g/mol. The van der Waals surface area contributed by atoms with Crippen LogP contribution in [-0.4, -0.2) is 59.4 Å². The molecule has 1 aromatic heterocycles. The summed E-state index contributed by atoms with van der Waals surface area (Å²) < 4.78 is 19.1. The molecule has 1 aromatic carbocycles. The van der Waals surface area contributed by atoms with Crippen molar-refractivity contribution in [1.29, 1.82) is 0 Å². The number of ketones is 1. The summed E-state index contributed by atoms with van der Waals surface area (Å²) in [5, 5.41) is 5.89. The van der Waals surface area contributed by atoms with Crippen LogP contribution in [0.2, 0.25) is 0 Å². The first-order valence-corrected chi connectivity index (χ1v) is 12.8. The van der Waals surface area contributed by atoms with E-state index >= 15 is 0 Å². The van der Waals surface area contributed by atoms with E-state index in [9.17, 15) is 18.8 Å². The number of benzene rings is 1. The number of halogens is 1. The fraction of sp³-hybridized carbons (Fsp3) is 0.520. The first-order valence-electron chi connectivity index (χ1n) is 12.0. The predicted octanol–water partition coefficient (Wildman–Crippen LogP) is 3.94. The van der Waals surface area contributed by atoms with Crippen molar-refractivity contribution in [1.82, 2.24) is 15.2 Å². The summed E-state index contributed by atoms with van der Waals surface area (Å²) in [6.45, 7) is 4.92. The number of aryl methyl sites for hydroxylation is 1. The highest BCUT2D eigenvalue weighted by molar-refractivity contribution is 7.17. The molecule has 2 saturated heterocycles. The summed E-state index contributed by atoms with van der Waals surface area (Å²) >= 11 is 1.13. The van der Waals surface area contributed by atoms with Crippen LogP contribution in [-0.2, 0) is 16.0 Å². The second kappa shape index (κ2) is 11.3. The maximum absolute atomic E-state index is 13.4. The van der Waals surface area contributed by atoms with Crippen molar-refractivity contribution < 1.29 is 23.5 Å². The molecule has 3 heterocycles. The number of nitrogens with one attached hydrogen (secondary N) is 2. The first kappa shape index (κ1) is 25.2. The van der Waals surface area contributed by atoms with Gasteiger partial charge in [-0.2, -0.15) is 0 Å². The Labute approximate surface area is 208 Å². The van der Waals surface area contributed by atoms with Gasteiger partial charge in [-0.25, -0.2) is 14.2 Å². The number of ether oxygens (including phenoxy) is 1. The van der Waals surface area contributed by atoms with Crippen LogP contribution in [0.4, 0.5) is 14.3 Å². The third kappa shape index (κ3) is 6.43. The molecular formula is C25H31FN4O4S. The molecule has 4 rings (SSSR count). The van der Waals surface area contributed by atoms with Crippen LogP contribution < -0.4 is 10.6 Å². The Morgan fingerprint density at radius 2 is 1.97 bits per heavy atom. The fourth-order valence-electron chi connectivity index (χ4n) is 4.82. The van der Waals surface area contributed by atoms with Crippen molar-refractivity contribution in [2.24, 2.45) is 5.92 Å². The highest BCUT2D eigenvalue weighted by Crippen LogP contribution is 2.25. The molecule has 188 valence electrons. The van der Waals surface area contributed by atoms with Gasteiger partial charge in [0.1, 0.15) is 5.82 Å². The first-order chi connectivity index (χ1) is 16.8. The molecule has 2 aliphatic rings. The van der Waals surface area contributed by atoms with Crippen molar-refractivity contribution in [3.63, 3.8) is 0 Å². The normalized spacial score (nSPS) is 22.5. The number of urea groups is 1. The van der Waals surface area contributed by atoms with E-state index in [-0.39, 0.29) is 17.5 Å². The molecule has 2 N–H and O–H groups in total. The van der Waals surface area contributed by atoms with Crippen molar-refractivity contribution in [2.45, 2.75) is 58.1 Å². The third-order valence-corrected chi connectivity index (χ3v) is 7.66. The lowest BCUT2D eigenvalue weighted by Gasteiger charge is -2.38. The Bertz CT molecular complexity index is 1070. The highest BCUT2D eigenvalue weighted by atomic mass is 32.1. The molecule has 3 amide bonds. The zero-order valence-corrected chi connectivity index (χ0v) is 20.8. The number of thiazole rings is 1. The number of carbonyl (C=O) groups excluding carboxylic acids is 3. The number of aromatic nitrogens is 1. The second-order valence-electron chi connectivity index (χ2n) is 9.25. The summed E-state index contributed by atoms with van der Waals surface area (Å²) in [5.41, 5.74) is 1.63. The van der Waals surface area contributed by atoms with Gasteiger partial charge in [-0.1, -0.05) is 23.5 Å². The van der Waals surface area contributed by atoms with Crippen LogP contribution >= 0.6 is 11.3 Å². The molecule has 2 fully saturated rings. The summed E-state index contributed by atoms with van der Waals surface area (Å²) in [4.78, 5) is 44.3. The van der Waals surface area contributed by atoms with Crippen LogP contribution in [0.1, 0.15) is 53.5 Å². The molecule has 2 aliphatic heterocycles. The van der Waals surface area contributed by atoms with Crippen molar-refractivity contribution in [3.8, 4) is 0 Å². The molecule has 0 radical (unpaired) electrons. The summed E-state index contributed by atoms with van der Waals surface area (Å²) in [6.07, 6.45) is 3.32. The molecule has 10 heteroatoms. The molecule has 0 aliphatic carbocycles. The molecular weight excluding hydrogens is 471 g/mol. The number of carbonyl (C=O) groups is 3. The maximum Gasteiger partial charge on any atom is 0.321 e. The van der Waals surface area contributed by atoms with E-state index in [1.54, 1.807) is 19.1 Å². The van der Waals surface area contributed by atoms with E-state index in [1.807, 2.05) is 4.90 Å². The molecule has 2 aromatic rings. The van der Waals surface area contributed by atoms with Gasteiger partial charge in [-0.15, -0.1) is 0 Å². The predicted molar refractivity (Wildman–Crippen MR) is 131 cm³/mol. The lowest BCUT2D eigenvalue weighted by molar-refractivity contribution is -0.150. The van der Waals surface area contributed by atoms with Gasteiger partial charge >= 0.3 is 6.03 Å². The van der Waals surface area contributed by atoms with Gasteiger partial charge < -0.3 is 15.0 Å². The number of piperidine rings is 1. The molecule has 8 nitrogen and oxygen atoms in total. The Hall–Kier alpha value is -2.85. The Morgan fingerprint density at radius 1 is 1.20 bits per heavy atom. The van der Waals surface area contributed by atoms with E-state index in [1.165, 1.54) is 19.1 Å². The molecule has 0 unspecified atom stereocenters. The van der Waals surface area contributed by atoms with Crippen molar-refractivity contribution in [2.75, 3.05) is 25.0 Å². The third-order valence-electron chi connectivity index (χ3n) is 6.49. The number of Topliss-reactive ketones (excluding diaryl/α,β-unsaturated/α-hetero) is 1. The van der Waals surface area contributed by atoms with Gasteiger partial charge in [-0.3, -0.25) is 14.9 Å². The van der Waals surface area contributed by atoms with Gasteiger partial charge in [0.15, 0.2) is 17.0 Å². The Kier molecular flexibility index (Phi) is 8.12. The highest BCUT2D eigenvalue weighted by Gasteiger charge is 2.37. The smallest absolute Gasteiger partial charge is 0.321 e. The largest absolute Gasteiger partial charge is 0.366 e. The summed E-state index contributed by atoms with van der Waals surface area (Å²) in [5.74, 6) is -0.169. The SMILES string of the molecule is CC(=O)c1sc(NC(=O)N[C@@H]2CCCO[C@@H]2C(=O)N2CCC[C@@H](Cc3ccc(F)cc3)C2)nc1C. The molecule has 35 heavy (non-hydrogen) atoms. The van der Waals surface area contributed by atoms with E-state index < -0.39 is 18.2 Å². The number of anilines is 1. The van der Waals surface area contributed by atoms with Crippen LogP contribution in [0, 0.1) is 18.7 Å². The zero-order chi connectivity index (χ0) is 24.9. The van der Waals surface area contributed by atoms with Crippen LogP contribution in [0.25, 0.3) is 0 Å². The van der Waals surface area contributed by atoms with E-state index in [0.717, 1.165) is 42.6 Å². The van der Waals surface area contributed by atoms with Gasteiger partial charge in [0.2, 0.25) is 0 Å². The Balaban J connectivity index is 1.36. The van der Waals surface area contributed by atoms with Crippen LogP contribution in [0.5, 0.6) is 0 Å². The molecule has 3 atom stereocenters. The van der Waals surface area contributed by atoms with Gasteiger partial charge in [0, 0.05) is 26.6 Å². The van der Waals surface area contributed by atoms with E-state index in [0.29, 0.717) is 47.7 Å². The van der Waals surface area contributed by atoms with Gasteiger partial charge in [0.25, 0.3) is 5.91 Å². The lowest BCUT2D eigenvalue weighted by atomic mass is 9.90. The Morgan fingerprint density at radius 3 is 2.69 bits per heavy atom. The quantitative estimate of drug-likeness (QED) is 0.583. The van der Waals surface area contributed by atoms with Crippen LogP contribution in [0.3, 0.4) is 0 Å². The summed E-state index contributed by atoms with van der Waals surface area (Å²) in [6, 6.07) is 5.58. The fourth-order valence-corrected chi connectivity index (χ4v) is 5.67.